The fourth-order valence-electron chi connectivity index (χ4n) is 5.91. The minimum Gasteiger partial charge on any atom is -0.469 e. The number of rotatable bonds is 10. The highest BCUT2D eigenvalue weighted by Crippen LogP contribution is 2.51. The molecule has 0 amide bonds. The smallest absolute Gasteiger partial charge is 0.199 e. The van der Waals surface area contributed by atoms with Gasteiger partial charge in [-0.05, 0) is 62.9 Å². The SMILES string of the molecule is CCCCC(F)C/C=C(/OC1CCCCO1)[C@@H]1[C@H]2CC(=O)C[C@H]2C[C@H]1OC1CCCCO1. The summed E-state index contributed by atoms with van der Waals surface area (Å²) in [5.74, 6) is 1.62. The van der Waals surface area contributed by atoms with Crippen LogP contribution in [-0.4, -0.2) is 43.9 Å². The van der Waals surface area contributed by atoms with Crippen molar-refractivity contribution in [1.29, 1.82) is 0 Å². The molecule has 2 heterocycles. The lowest BCUT2D eigenvalue weighted by Gasteiger charge is -2.33. The zero-order chi connectivity index (χ0) is 22.3. The number of halogens is 1. The molecule has 182 valence electrons. The highest BCUT2D eigenvalue weighted by Gasteiger charge is 2.51. The van der Waals surface area contributed by atoms with Crippen molar-refractivity contribution >= 4 is 5.78 Å². The summed E-state index contributed by atoms with van der Waals surface area (Å²) < 4.78 is 39.2. The molecule has 5 nitrogen and oxygen atoms in total. The molecule has 6 heteroatoms. The van der Waals surface area contributed by atoms with Gasteiger partial charge in [-0.15, -0.1) is 0 Å². The molecule has 2 saturated carbocycles. The molecule has 4 fully saturated rings. The molecule has 0 aromatic rings. The summed E-state index contributed by atoms with van der Waals surface area (Å²) in [4.78, 5) is 12.3. The summed E-state index contributed by atoms with van der Waals surface area (Å²) in [6, 6.07) is 0. The van der Waals surface area contributed by atoms with Crippen molar-refractivity contribution in [3.05, 3.63) is 11.8 Å². The lowest BCUT2D eigenvalue weighted by molar-refractivity contribution is -0.201. The van der Waals surface area contributed by atoms with E-state index in [1.807, 2.05) is 6.08 Å². The van der Waals surface area contributed by atoms with Crippen LogP contribution in [0.2, 0.25) is 0 Å². The van der Waals surface area contributed by atoms with Crippen LogP contribution in [0.25, 0.3) is 0 Å². The molecule has 2 aliphatic heterocycles. The first-order chi connectivity index (χ1) is 15.6. The Morgan fingerprint density at radius 1 is 1.12 bits per heavy atom. The van der Waals surface area contributed by atoms with Gasteiger partial charge < -0.3 is 18.9 Å². The van der Waals surface area contributed by atoms with Crippen molar-refractivity contribution in [3.63, 3.8) is 0 Å². The number of hydrogen-bond donors (Lipinski definition) is 0. The highest BCUT2D eigenvalue weighted by atomic mass is 19.1. The van der Waals surface area contributed by atoms with Gasteiger partial charge in [-0.2, -0.15) is 0 Å². The molecule has 2 saturated heterocycles. The number of Topliss-reactive ketones (excluding diaryl/α,β-unsaturated/α-hetero) is 1. The van der Waals surface area contributed by atoms with E-state index in [9.17, 15) is 9.18 Å². The zero-order valence-corrected chi connectivity index (χ0v) is 19.6. The van der Waals surface area contributed by atoms with Gasteiger partial charge in [0.25, 0.3) is 0 Å². The van der Waals surface area contributed by atoms with E-state index >= 15 is 0 Å². The van der Waals surface area contributed by atoms with Crippen LogP contribution in [-0.2, 0) is 23.7 Å². The molecule has 2 aliphatic carbocycles. The van der Waals surface area contributed by atoms with Crippen LogP contribution in [0.3, 0.4) is 0 Å². The average molecular weight is 453 g/mol. The number of carbonyl (C=O) groups excluding carboxylic acids is 1. The quantitative estimate of drug-likeness (QED) is 0.389. The largest absolute Gasteiger partial charge is 0.469 e. The van der Waals surface area contributed by atoms with Gasteiger partial charge in [0.05, 0.1) is 12.7 Å². The van der Waals surface area contributed by atoms with Crippen molar-refractivity contribution in [2.45, 2.75) is 115 Å². The third-order valence-electron chi connectivity index (χ3n) is 7.60. The summed E-state index contributed by atoms with van der Waals surface area (Å²) in [6.07, 6.45) is 11.5. The molecule has 32 heavy (non-hydrogen) atoms. The summed E-state index contributed by atoms with van der Waals surface area (Å²) in [7, 11) is 0. The summed E-state index contributed by atoms with van der Waals surface area (Å²) in [5, 5.41) is 0. The van der Waals surface area contributed by atoms with E-state index in [0.717, 1.165) is 70.2 Å². The van der Waals surface area contributed by atoms with E-state index in [1.54, 1.807) is 0 Å². The van der Waals surface area contributed by atoms with Gasteiger partial charge in [-0.25, -0.2) is 4.39 Å². The number of unbranched alkanes of at least 4 members (excludes halogenated alkanes) is 1. The van der Waals surface area contributed by atoms with Crippen molar-refractivity contribution in [2.75, 3.05) is 13.2 Å². The molecule has 3 unspecified atom stereocenters. The van der Waals surface area contributed by atoms with E-state index in [4.69, 9.17) is 18.9 Å². The highest BCUT2D eigenvalue weighted by molar-refractivity contribution is 5.81. The Bertz CT molecular complexity index is 626. The second-order valence-corrected chi connectivity index (χ2v) is 10.1. The fraction of sp³-hybridized carbons (Fsp3) is 0.885. The number of carbonyl (C=O) groups is 1. The summed E-state index contributed by atoms with van der Waals surface area (Å²) in [6.45, 7) is 3.53. The molecule has 0 aromatic carbocycles. The third kappa shape index (κ3) is 6.32. The Morgan fingerprint density at radius 2 is 1.88 bits per heavy atom. The minimum absolute atomic E-state index is 0.0270. The molecule has 0 bridgehead atoms. The second-order valence-electron chi connectivity index (χ2n) is 10.1. The molecule has 0 aromatic heterocycles. The van der Waals surface area contributed by atoms with Gasteiger partial charge in [0.15, 0.2) is 12.6 Å². The topological polar surface area (TPSA) is 54.0 Å². The van der Waals surface area contributed by atoms with E-state index in [-0.39, 0.29) is 30.5 Å². The standard InChI is InChI=1S/C26H41FO5/c1-2-3-8-19(27)11-12-22(31-24-9-4-6-13-29-24)26-21-17-20(28)15-18(21)16-23(26)32-25-10-5-7-14-30-25/h12,18-19,21,23-26H,2-11,13-17H2,1H3/b22-12+/t18-,19?,21-,23+,24?,25?,26-/m0/s1. The monoisotopic (exact) mass is 452 g/mol. The molecule has 0 radical (unpaired) electrons. The molecule has 0 spiro atoms. The number of hydrogen-bond acceptors (Lipinski definition) is 5. The maximum atomic E-state index is 14.6. The number of fused-ring (bicyclic) bond motifs is 1. The number of alkyl halides is 1. The van der Waals surface area contributed by atoms with E-state index in [2.05, 4.69) is 6.92 Å². The predicted octanol–water partition coefficient (Wildman–Crippen LogP) is 5.86. The van der Waals surface area contributed by atoms with Crippen molar-refractivity contribution < 1.29 is 28.1 Å². The van der Waals surface area contributed by atoms with E-state index in [0.29, 0.717) is 44.0 Å². The summed E-state index contributed by atoms with van der Waals surface area (Å²) >= 11 is 0. The number of allylic oxidation sites excluding steroid dienone is 1. The Balaban J connectivity index is 1.52. The summed E-state index contributed by atoms with van der Waals surface area (Å²) in [5.41, 5.74) is 0. The Hall–Kier alpha value is -0.980. The Kier molecular flexibility index (Phi) is 9.01. The predicted molar refractivity (Wildman–Crippen MR) is 120 cm³/mol. The van der Waals surface area contributed by atoms with E-state index < -0.39 is 6.17 Å². The van der Waals surface area contributed by atoms with Crippen LogP contribution in [0.1, 0.15) is 90.4 Å². The van der Waals surface area contributed by atoms with E-state index in [1.165, 1.54) is 0 Å². The molecule has 4 rings (SSSR count). The maximum Gasteiger partial charge on any atom is 0.199 e. The van der Waals surface area contributed by atoms with Gasteiger partial charge in [0.2, 0.25) is 0 Å². The molecular formula is C26H41FO5. The van der Waals surface area contributed by atoms with Crippen LogP contribution in [0.4, 0.5) is 4.39 Å². The van der Waals surface area contributed by atoms with Crippen molar-refractivity contribution in [1.82, 2.24) is 0 Å². The van der Waals surface area contributed by atoms with Crippen molar-refractivity contribution in [2.24, 2.45) is 17.8 Å². The second kappa shape index (κ2) is 11.9. The van der Waals surface area contributed by atoms with Crippen LogP contribution >= 0.6 is 0 Å². The maximum absolute atomic E-state index is 14.6. The fourth-order valence-corrected chi connectivity index (χ4v) is 5.91. The zero-order valence-electron chi connectivity index (χ0n) is 19.6. The first-order valence-corrected chi connectivity index (χ1v) is 13.0. The van der Waals surface area contributed by atoms with Crippen molar-refractivity contribution in [3.8, 4) is 0 Å². The van der Waals surface area contributed by atoms with Gasteiger partial charge in [-0.3, -0.25) is 4.79 Å². The molecule has 4 aliphatic rings. The van der Waals surface area contributed by atoms with Gasteiger partial charge >= 0.3 is 0 Å². The van der Waals surface area contributed by atoms with Crippen LogP contribution < -0.4 is 0 Å². The molecular weight excluding hydrogens is 411 g/mol. The van der Waals surface area contributed by atoms with Gasteiger partial charge in [0.1, 0.15) is 17.7 Å². The lowest BCUT2D eigenvalue weighted by Crippen LogP contribution is -2.34. The van der Waals surface area contributed by atoms with Crippen LogP contribution in [0.5, 0.6) is 0 Å². The normalized spacial score (nSPS) is 36.8. The van der Waals surface area contributed by atoms with Gasteiger partial charge in [0, 0.05) is 38.2 Å². The van der Waals surface area contributed by atoms with Crippen LogP contribution in [0, 0.1) is 17.8 Å². The number of ketones is 1. The Morgan fingerprint density at radius 3 is 2.56 bits per heavy atom. The first-order valence-electron chi connectivity index (χ1n) is 13.0. The Labute approximate surface area is 192 Å². The lowest BCUT2D eigenvalue weighted by atomic mass is 9.88. The van der Waals surface area contributed by atoms with Crippen LogP contribution in [0.15, 0.2) is 11.8 Å². The first kappa shape index (κ1) is 24.2. The van der Waals surface area contributed by atoms with Gasteiger partial charge in [-0.1, -0.05) is 19.8 Å². The molecule has 7 atom stereocenters. The average Bonchev–Trinajstić information content (AvgIpc) is 3.31. The third-order valence-corrected chi connectivity index (χ3v) is 7.60. The molecule has 0 N–H and O–H groups in total. The number of ether oxygens (including phenoxy) is 4. The minimum atomic E-state index is -0.871.